The number of fused-ring (bicyclic) bond motifs is 1. The van der Waals surface area contributed by atoms with Crippen molar-refractivity contribution >= 4 is 11.8 Å². The molecule has 1 fully saturated rings. The summed E-state index contributed by atoms with van der Waals surface area (Å²) in [6.45, 7) is 0.781. The molecule has 0 amide bonds. The van der Waals surface area contributed by atoms with Crippen molar-refractivity contribution in [3.05, 3.63) is 35.0 Å². The lowest BCUT2D eigenvalue weighted by Crippen LogP contribution is -2.37. The van der Waals surface area contributed by atoms with Gasteiger partial charge in [-0.3, -0.25) is 0 Å². The molecule has 0 spiro atoms. The minimum Gasteiger partial charge on any atom is -0.497 e. The molecule has 0 radical (unpaired) electrons. The Morgan fingerprint density at radius 2 is 1.72 bits per heavy atom. The van der Waals surface area contributed by atoms with Crippen LogP contribution < -0.4 is 25.0 Å². The molecule has 1 saturated carbocycles. The molecule has 2 aromatic rings. The van der Waals surface area contributed by atoms with E-state index in [4.69, 9.17) is 19.4 Å². The van der Waals surface area contributed by atoms with Crippen molar-refractivity contribution in [2.24, 2.45) is 0 Å². The number of nitrogens with zero attached hydrogens (tertiary/aromatic N) is 3. The maximum atomic E-state index is 5.51. The minimum atomic E-state index is 0.427. The molecule has 4 rings (SSSR count). The smallest absolute Gasteiger partial charge is 0.225 e. The number of anilines is 2. The zero-order valence-corrected chi connectivity index (χ0v) is 19.9. The summed E-state index contributed by atoms with van der Waals surface area (Å²) in [4.78, 5) is 11.9. The Bertz CT molecular complexity index is 909. The first-order valence-electron chi connectivity index (χ1n) is 11.8. The van der Waals surface area contributed by atoms with Gasteiger partial charge >= 0.3 is 0 Å². The first-order chi connectivity index (χ1) is 15.6. The Morgan fingerprint density at radius 1 is 0.969 bits per heavy atom. The molecule has 0 unspecified atom stereocenters. The lowest BCUT2D eigenvalue weighted by Gasteiger charge is -2.31. The third-order valence-corrected chi connectivity index (χ3v) is 6.71. The van der Waals surface area contributed by atoms with E-state index in [9.17, 15) is 0 Å². The topological polar surface area (TPSA) is 71.5 Å². The van der Waals surface area contributed by atoms with Crippen LogP contribution >= 0.6 is 0 Å². The summed E-state index contributed by atoms with van der Waals surface area (Å²) in [5, 5.41) is 7.35. The van der Waals surface area contributed by atoms with Gasteiger partial charge in [0, 0.05) is 43.9 Å². The summed E-state index contributed by atoms with van der Waals surface area (Å²) in [7, 11) is 7.57. The average molecular weight is 440 g/mol. The molecule has 2 N–H and O–H groups in total. The number of nitrogens with one attached hydrogen (secondary N) is 2. The molecular weight excluding hydrogens is 402 g/mol. The highest BCUT2D eigenvalue weighted by Crippen LogP contribution is 2.30. The quantitative estimate of drug-likeness (QED) is 0.645. The van der Waals surface area contributed by atoms with Crippen molar-refractivity contribution in [3.8, 4) is 11.5 Å². The van der Waals surface area contributed by atoms with Gasteiger partial charge in [0.15, 0.2) is 0 Å². The monoisotopic (exact) mass is 439 g/mol. The number of methoxy groups -OCH3 is 2. The molecule has 1 aromatic carbocycles. The van der Waals surface area contributed by atoms with Crippen molar-refractivity contribution in [3.63, 3.8) is 0 Å². The van der Waals surface area contributed by atoms with Gasteiger partial charge < -0.3 is 25.0 Å². The number of aromatic nitrogens is 2. The Balaban J connectivity index is 1.32. The second-order valence-corrected chi connectivity index (χ2v) is 9.15. The number of hydrogen-bond donors (Lipinski definition) is 2. The molecule has 1 heterocycles. The van der Waals surface area contributed by atoms with E-state index in [2.05, 4.69) is 35.7 Å². The van der Waals surface area contributed by atoms with Gasteiger partial charge in [-0.1, -0.05) is 0 Å². The van der Waals surface area contributed by atoms with Crippen LogP contribution in [0.5, 0.6) is 11.5 Å². The van der Waals surface area contributed by atoms with Crippen molar-refractivity contribution in [2.75, 3.05) is 38.5 Å². The van der Waals surface area contributed by atoms with Gasteiger partial charge in [0.05, 0.1) is 19.9 Å². The standard InChI is InChI=1S/C25H37N5O2/c1-30(2)24-21-7-5-6-8-22(21)28-25(29-24)27-19-11-9-18(10-12-19)26-16-17-15-20(31-3)13-14-23(17)32-4/h13-15,18-19,26H,5-12,16H2,1-4H3,(H,27,28,29). The van der Waals surface area contributed by atoms with Crippen LogP contribution in [-0.2, 0) is 19.4 Å². The summed E-state index contributed by atoms with van der Waals surface area (Å²) in [6, 6.07) is 6.89. The largest absolute Gasteiger partial charge is 0.497 e. The first-order valence-corrected chi connectivity index (χ1v) is 11.8. The lowest BCUT2D eigenvalue weighted by molar-refractivity contribution is 0.347. The van der Waals surface area contributed by atoms with E-state index in [0.717, 1.165) is 73.9 Å². The predicted molar refractivity (Wildman–Crippen MR) is 129 cm³/mol. The summed E-state index contributed by atoms with van der Waals surface area (Å²) in [5.74, 6) is 3.64. The summed E-state index contributed by atoms with van der Waals surface area (Å²) >= 11 is 0. The van der Waals surface area contributed by atoms with E-state index in [-0.39, 0.29) is 0 Å². The third kappa shape index (κ3) is 5.26. The Hall–Kier alpha value is -2.54. The molecule has 2 aliphatic rings. The van der Waals surface area contributed by atoms with Crippen LogP contribution in [0.25, 0.3) is 0 Å². The molecule has 0 saturated heterocycles. The highest BCUT2D eigenvalue weighted by atomic mass is 16.5. The van der Waals surface area contributed by atoms with Crippen LogP contribution in [0.1, 0.15) is 55.3 Å². The third-order valence-electron chi connectivity index (χ3n) is 6.71. The van der Waals surface area contributed by atoms with Crippen LogP contribution in [0.2, 0.25) is 0 Å². The van der Waals surface area contributed by atoms with Crippen LogP contribution in [0, 0.1) is 0 Å². The lowest BCUT2D eigenvalue weighted by atomic mass is 9.91. The zero-order chi connectivity index (χ0) is 22.5. The number of aryl methyl sites for hydroxylation is 1. The van der Waals surface area contributed by atoms with E-state index >= 15 is 0 Å². The van der Waals surface area contributed by atoms with Gasteiger partial charge in [-0.15, -0.1) is 0 Å². The van der Waals surface area contributed by atoms with Crippen molar-refractivity contribution < 1.29 is 9.47 Å². The second kappa shape index (κ2) is 10.4. The maximum absolute atomic E-state index is 5.51. The Labute approximate surface area is 191 Å². The molecular formula is C25H37N5O2. The SMILES string of the molecule is COc1ccc(OC)c(CNC2CCC(Nc3nc4c(c(N(C)C)n3)CCCC4)CC2)c1. The molecule has 0 atom stereocenters. The fourth-order valence-corrected chi connectivity index (χ4v) is 4.91. The zero-order valence-electron chi connectivity index (χ0n) is 19.9. The van der Waals surface area contributed by atoms with Gasteiger partial charge in [0.1, 0.15) is 17.3 Å². The molecule has 7 nitrogen and oxygen atoms in total. The highest BCUT2D eigenvalue weighted by Gasteiger charge is 2.24. The summed E-state index contributed by atoms with van der Waals surface area (Å²) in [6.07, 6.45) is 9.13. The molecule has 174 valence electrons. The van der Waals surface area contributed by atoms with E-state index in [1.54, 1.807) is 14.2 Å². The number of hydrogen-bond acceptors (Lipinski definition) is 7. The minimum absolute atomic E-state index is 0.427. The van der Waals surface area contributed by atoms with Gasteiger partial charge in [-0.2, -0.15) is 4.98 Å². The van der Waals surface area contributed by atoms with E-state index in [0.29, 0.717) is 12.1 Å². The predicted octanol–water partition coefficient (Wildman–Crippen LogP) is 3.95. The van der Waals surface area contributed by atoms with Crippen LogP contribution in [0.3, 0.4) is 0 Å². The molecule has 0 aliphatic heterocycles. The van der Waals surface area contributed by atoms with E-state index in [1.165, 1.54) is 24.1 Å². The maximum Gasteiger partial charge on any atom is 0.225 e. The van der Waals surface area contributed by atoms with Crippen molar-refractivity contribution in [1.29, 1.82) is 0 Å². The highest BCUT2D eigenvalue weighted by molar-refractivity contribution is 5.53. The fourth-order valence-electron chi connectivity index (χ4n) is 4.91. The van der Waals surface area contributed by atoms with Gasteiger partial charge in [-0.25, -0.2) is 4.98 Å². The van der Waals surface area contributed by atoms with Gasteiger partial charge in [0.25, 0.3) is 0 Å². The van der Waals surface area contributed by atoms with Crippen LogP contribution in [0.15, 0.2) is 18.2 Å². The molecule has 2 aliphatic carbocycles. The number of rotatable bonds is 8. The molecule has 1 aromatic heterocycles. The average Bonchev–Trinajstić information content (AvgIpc) is 2.82. The molecule has 32 heavy (non-hydrogen) atoms. The Kier molecular flexibility index (Phi) is 7.35. The van der Waals surface area contributed by atoms with E-state index < -0.39 is 0 Å². The van der Waals surface area contributed by atoms with Crippen LogP contribution in [0.4, 0.5) is 11.8 Å². The first kappa shape index (κ1) is 22.6. The normalized spacial score (nSPS) is 20.4. The molecule has 0 bridgehead atoms. The second-order valence-electron chi connectivity index (χ2n) is 9.15. The molecule has 7 heteroatoms. The van der Waals surface area contributed by atoms with Gasteiger partial charge in [0.2, 0.25) is 5.95 Å². The number of ether oxygens (including phenoxy) is 2. The van der Waals surface area contributed by atoms with E-state index in [1.807, 2.05) is 12.1 Å². The number of benzene rings is 1. The Morgan fingerprint density at radius 3 is 2.44 bits per heavy atom. The van der Waals surface area contributed by atoms with Crippen LogP contribution in [-0.4, -0.2) is 50.4 Å². The fraction of sp³-hybridized carbons (Fsp3) is 0.600. The summed E-state index contributed by atoms with van der Waals surface area (Å²) < 4.78 is 10.9. The summed E-state index contributed by atoms with van der Waals surface area (Å²) in [5.41, 5.74) is 3.71. The van der Waals surface area contributed by atoms with Gasteiger partial charge in [-0.05, 0) is 69.6 Å². The van der Waals surface area contributed by atoms with Crippen molar-refractivity contribution in [1.82, 2.24) is 15.3 Å². The van der Waals surface area contributed by atoms with Crippen molar-refractivity contribution in [2.45, 2.75) is 70.0 Å².